The van der Waals surface area contributed by atoms with E-state index in [-0.39, 0.29) is 25.7 Å². The Morgan fingerprint density at radius 1 is 0.284 bits per heavy atom. The molecule has 0 bridgehead atoms. The molecule has 0 amide bonds. The number of carbonyl (C=O) groups is 4. The van der Waals surface area contributed by atoms with Gasteiger partial charge in [0.15, 0.2) is 12.2 Å². The number of rotatable bonds is 74. The zero-order chi connectivity index (χ0) is 70.1. The summed E-state index contributed by atoms with van der Waals surface area (Å²) in [7, 11) is -9.91. The van der Waals surface area contributed by atoms with E-state index in [0.29, 0.717) is 31.6 Å². The van der Waals surface area contributed by atoms with Crippen molar-refractivity contribution in [2.45, 2.75) is 407 Å². The minimum absolute atomic E-state index is 0.104. The first kappa shape index (κ1) is 93.1. The van der Waals surface area contributed by atoms with Gasteiger partial charge in [-0.25, -0.2) is 9.13 Å². The van der Waals surface area contributed by atoms with Crippen molar-refractivity contribution in [3.05, 3.63) is 0 Å². The molecule has 564 valence electrons. The maximum absolute atomic E-state index is 13.1. The molecule has 0 aromatic heterocycles. The minimum atomic E-state index is -4.96. The molecular weight excluding hydrogens is 1250 g/mol. The zero-order valence-corrected chi connectivity index (χ0v) is 63.9. The average molecular weight is 1400 g/mol. The molecule has 17 nitrogen and oxygen atoms in total. The van der Waals surface area contributed by atoms with Crippen LogP contribution in [-0.4, -0.2) is 96.7 Å². The van der Waals surface area contributed by atoms with Crippen LogP contribution in [0.25, 0.3) is 0 Å². The van der Waals surface area contributed by atoms with Crippen molar-refractivity contribution in [3.63, 3.8) is 0 Å². The Bertz CT molecular complexity index is 1850. The van der Waals surface area contributed by atoms with Crippen molar-refractivity contribution in [3.8, 4) is 0 Å². The molecule has 0 rings (SSSR count). The van der Waals surface area contributed by atoms with Gasteiger partial charge < -0.3 is 33.8 Å². The monoisotopic (exact) mass is 1400 g/mol. The summed E-state index contributed by atoms with van der Waals surface area (Å²) in [6.07, 6.45) is 53.0. The van der Waals surface area contributed by atoms with Crippen LogP contribution < -0.4 is 0 Å². The summed E-state index contributed by atoms with van der Waals surface area (Å²) in [5, 5.41) is 10.6. The lowest BCUT2D eigenvalue weighted by molar-refractivity contribution is -0.161. The van der Waals surface area contributed by atoms with Crippen LogP contribution in [0, 0.1) is 17.8 Å². The van der Waals surface area contributed by atoms with Crippen LogP contribution in [0.5, 0.6) is 0 Å². The van der Waals surface area contributed by atoms with Crippen molar-refractivity contribution >= 4 is 39.5 Å². The van der Waals surface area contributed by atoms with Crippen molar-refractivity contribution in [2.75, 3.05) is 39.6 Å². The van der Waals surface area contributed by atoms with Gasteiger partial charge in [-0.2, -0.15) is 0 Å². The molecule has 0 saturated heterocycles. The number of ether oxygens (including phenoxy) is 4. The molecule has 0 spiro atoms. The van der Waals surface area contributed by atoms with Gasteiger partial charge in [-0.15, -0.1) is 0 Å². The number of carbonyl (C=O) groups excluding carboxylic acids is 4. The Morgan fingerprint density at radius 3 is 0.716 bits per heavy atom. The van der Waals surface area contributed by atoms with Crippen molar-refractivity contribution in [1.82, 2.24) is 0 Å². The van der Waals surface area contributed by atoms with Crippen molar-refractivity contribution in [2.24, 2.45) is 17.8 Å². The molecule has 0 aliphatic carbocycles. The average Bonchev–Trinajstić information content (AvgIpc) is 1.71. The van der Waals surface area contributed by atoms with Gasteiger partial charge in [0.25, 0.3) is 0 Å². The van der Waals surface area contributed by atoms with E-state index in [1.807, 2.05) is 0 Å². The van der Waals surface area contributed by atoms with Gasteiger partial charge >= 0.3 is 39.5 Å². The third kappa shape index (κ3) is 70.3. The Hall–Kier alpha value is -1.94. The molecule has 5 atom stereocenters. The lowest BCUT2D eigenvalue weighted by Gasteiger charge is -2.21. The van der Waals surface area contributed by atoms with Crippen molar-refractivity contribution < 1.29 is 80.2 Å². The van der Waals surface area contributed by atoms with Crippen LogP contribution in [0.2, 0.25) is 0 Å². The van der Waals surface area contributed by atoms with Gasteiger partial charge in [0, 0.05) is 25.7 Å². The summed E-state index contributed by atoms with van der Waals surface area (Å²) in [6, 6.07) is 0. The number of aliphatic hydroxyl groups is 1. The minimum Gasteiger partial charge on any atom is -0.462 e. The van der Waals surface area contributed by atoms with Crippen LogP contribution >= 0.6 is 15.6 Å². The van der Waals surface area contributed by atoms with E-state index in [2.05, 4.69) is 48.5 Å². The Morgan fingerprint density at radius 2 is 0.484 bits per heavy atom. The molecule has 0 aromatic rings. The first-order chi connectivity index (χ1) is 45.7. The Labute approximate surface area is 581 Å². The summed E-state index contributed by atoms with van der Waals surface area (Å²) in [4.78, 5) is 72.7. The van der Waals surface area contributed by atoms with Gasteiger partial charge in [0.05, 0.1) is 26.4 Å². The molecule has 0 aliphatic rings. The predicted octanol–water partition coefficient (Wildman–Crippen LogP) is 22.2. The first-order valence-corrected chi connectivity index (χ1v) is 42.3. The van der Waals surface area contributed by atoms with E-state index < -0.39 is 97.5 Å². The van der Waals surface area contributed by atoms with Crippen LogP contribution in [-0.2, 0) is 65.4 Å². The number of esters is 4. The fourth-order valence-corrected chi connectivity index (χ4v) is 13.2. The summed E-state index contributed by atoms with van der Waals surface area (Å²) >= 11 is 0. The summed E-state index contributed by atoms with van der Waals surface area (Å²) in [5.74, 6) is 0.116. The molecule has 19 heteroatoms. The highest BCUT2D eigenvalue weighted by Crippen LogP contribution is 2.45. The maximum atomic E-state index is 13.1. The van der Waals surface area contributed by atoms with Crippen LogP contribution in [0.1, 0.15) is 389 Å². The van der Waals surface area contributed by atoms with E-state index in [0.717, 1.165) is 108 Å². The Kier molecular flexibility index (Phi) is 65.2. The van der Waals surface area contributed by atoms with E-state index in [1.54, 1.807) is 0 Å². The molecule has 3 N–H and O–H groups in total. The quantitative estimate of drug-likeness (QED) is 0.0222. The second kappa shape index (κ2) is 66.6. The van der Waals surface area contributed by atoms with Crippen LogP contribution in [0.3, 0.4) is 0 Å². The van der Waals surface area contributed by atoms with E-state index in [9.17, 15) is 43.2 Å². The van der Waals surface area contributed by atoms with Gasteiger partial charge in [0.1, 0.15) is 19.3 Å². The normalized spacial score (nSPS) is 14.1. The van der Waals surface area contributed by atoms with Crippen molar-refractivity contribution in [1.29, 1.82) is 0 Å². The van der Waals surface area contributed by atoms with Crippen LogP contribution in [0.15, 0.2) is 0 Å². The number of phosphoric ester groups is 2. The highest BCUT2D eigenvalue weighted by molar-refractivity contribution is 7.47. The molecule has 0 aliphatic heterocycles. The molecule has 0 fully saturated rings. The van der Waals surface area contributed by atoms with Gasteiger partial charge in [-0.3, -0.25) is 37.3 Å². The number of unbranched alkanes of at least 4 members (excludes halogenated alkanes) is 42. The maximum Gasteiger partial charge on any atom is 0.472 e. The number of phosphoric acid groups is 2. The second-order valence-corrected chi connectivity index (χ2v) is 31.7. The largest absolute Gasteiger partial charge is 0.472 e. The lowest BCUT2D eigenvalue weighted by Crippen LogP contribution is -2.30. The highest BCUT2D eigenvalue weighted by atomic mass is 31.2. The fraction of sp³-hybridized carbons (Fsp3) is 0.947. The predicted molar refractivity (Wildman–Crippen MR) is 386 cm³/mol. The van der Waals surface area contributed by atoms with Gasteiger partial charge in [-0.05, 0) is 43.4 Å². The second-order valence-electron chi connectivity index (χ2n) is 28.8. The SMILES string of the molecule is CCCCCCCCCCCCCCCC(=O)OC[C@H](COP(=O)(O)OC[C@@H](O)COP(=O)(O)OC[C@@H](COC(=O)CCCCCCCCC(C)C)OC(=O)CCCCCCCCCCCC(C)C)OC(=O)CCCCCCCCCCCCCCCCCCCCC(C)C. The van der Waals surface area contributed by atoms with Gasteiger partial charge in [0.2, 0.25) is 0 Å². The van der Waals surface area contributed by atoms with E-state index in [4.69, 9.17) is 37.0 Å². The standard InChI is InChI=1S/C76H148O17P2/c1-8-9-10-11-12-13-14-21-25-30-35-43-50-57-73(78)86-63-71(92-75(80)59-52-45-36-31-26-23-20-18-16-15-17-19-22-24-28-33-40-47-54-67(2)3)65-90-94(82,83)88-61-70(77)62-89-95(84,85)91-66-72(64-87-74(79)58-51-44-39-38-42-49-56-69(6)7)93-76(81)60-53-46-37-32-27-29-34-41-48-55-68(4)5/h67-72,77H,8-66H2,1-7H3,(H,82,83)(H,84,85)/t70-,71-,72-/m1/s1. The summed E-state index contributed by atoms with van der Waals surface area (Å²) in [5.41, 5.74) is 0. The molecular formula is C76H148O17P2. The van der Waals surface area contributed by atoms with Gasteiger partial charge in [-0.1, -0.05) is 337 Å². The molecule has 0 saturated carbocycles. The summed E-state index contributed by atoms with van der Waals surface area (Å²) < 4.78 is 68.5. The molecule has 0 heterocycles. The summed E-state index contributed by atoms with van der Waals surface area (Å²) in [6.45, 7) is 11.8. The zero-order valence-electron chi connectivity index (χ0n) is 62.1. The van der Waals surface area contributed by atoms with E-state index >= 15 is 0 Å². The molecule has 2 unspecified atom stereocenters. The van der Waals surface area contributed by atoms with Crippen LogP contribution in [0.4, 0.5) is 0 Å². The topological polar surface area (TPSA) is 237 Å². The lowest BCUT2D eigenvalue weighted by atomic mass is 10.0. The highest BCUT2D eigenvalue weighted by Gasteiger charge is 2.30. The third-order valence-corrected chi connectivity index (χ3v) is 19.5. The molecule has 95 heavy (non-hydrogen) atoms. The van der Waals surface area contributed by atoms with E-state index in [1.165, 1.54) is 193 Å². The number of hydrogen-bond donors (Lipinski definition) is 3. The Balaban J connectivity index is 5.19. The third-order valence-electron chi connectivity index (χ3n) is 17.6. The number of hydrogen-bond acceptors (Lipinski definition) is 15. The number of aliphatic hydroxyl groups excluding tert-OH is 1. The first-order valence-electron chi connectivity index (χ1n) is 39.3. The fourth-order valence-electron chi connectivity index (χ4n) is 11.6. The smallest absolute Gasteiger partial charge is 0.462 e. The molecule has 0 aromatic carbocycles. The molecule has 0 radical (unpaired) electrons.